The molecule has 46 valence electrons. The summed E-state index contributed by atoms with van der Waals surface area (Å²) in [5.41, 5.74) is 8.13. The Kier molecular flexibility index (Phi) is 1.37. The van der Waals surface area contributed by atoms with Gasteiger partial charge in [0.1, 0.15) is 5.84 Å². The van der Waals surface area contributed by atoms with Gasteiger partial charge in [0.25, 0.3) is 0 Å². The summed E-state index contributed by atoms with van der Waals surface area (Å²) in [5, 5.41) is 3.83. The van der Waals surface area contributed by atoms with Gasteiger partial charge in [-0.1, -0.05) is 0 Å². The molecule has 0 unspecified atom stereocenters. The summed E-state index contributed by atoms with van der Waals surface area (Å²) in [6.07, 6.45) is 2.44. The number of hydrogen-bond donors (Lipinski definition) is 2. The van der Waals surface area contributed by atoms with Crippen LogP contribution >= 0.6 is 0 Å². The lowest BCUT2D eigenvalue weighted by atomic mass is 10.4. The van der Waals surface area contributed by atoms with Crippen LogP contribution in [0.15, 0.2) is 5.10 Å². The fourth-order valence-corrected chi connectivity index (χ4v) is 0.599. The van der Waals surface area contributed by atoms with E-state index < -0.39 is 0 Å². The Labute approximate surface area is 48.9 Å². The zero-order chi connectivity index (χ0) is 5.98. The van der Waals surface area contributed by atoms with Gasteiger partial charge >= 0.3 is 0 Å². The van der Waals surface area contributed by atoms with E-state index in [1.807, 2.05) is 0 Å². The number of nitrogens with zero attached hydrogens (tertiary/aromatic N) is 1. The van der Waals surface area contributed by atoms with Crippen molar-refractivity contribution in [2.45, 2.75) is 12.8 Å². The van der Waals surface area contributed by atoms with E-state index in [1.54, 1.807) is 7.05 Å². The molecule has 0 aromatic rings. The van der Waals surface area contributed by atoms with Crippen molar-refractivity contribution in [3.05, 3.63) is 0 Å². The molecule has 3 N–H and O–H groups in total. The maximum Gasteiger partial charge on any atom is 0.122 e. The summed E-state index contributed by atoms with van der Waals surface area (Å²) in [4.78, 5) is 0. The summed E-state index contributed by atoms with van der Waals surface area (Å²) in [5.74, 6) is 1.34. The molecule has 0 aromatic heterocycles. The van der Waals surface area contributed by atoms with Crippen molar-refractivity contribution in [3.63, 3.8) is 0 Å². The van der Waals surface area contributed by atoms with Gasteiger partial charge in [0.15, 0.2) is 0 Å². The molecule has 1 rings (SSSR count). The third-order valence-electron chi connectivity index (χ3n) is 1.24. The Morgan fingerprint density at radius 2 is 2.38 bits per heavy atom. The first-order chi connectivity index (χ1) is 3.84. The number of nitrogens with two attached hydrogens (primary N) is 1. The van der Waals surface area contributed by atoms with Crippen LogP contribution in [0.1, 0.15) is 12.8 Å². The molecule has 0 amide bonds. The maximum absolute atomic E-state index is 5.48. The van der Waals surface area contributed by atoms with Crippen molar-refractivity contribution in [1.82, 2.24) is 5.43 Å². The molecule has 0 bridgehead atoms. The number of hydrazone groups is 1. The van der Waals surface area contributed by atoms with E-state index in [-0.39, 0.29) is 0 Å². The predicted octanol–water partition coefficient (Wildman–Crippen LogP) is -0.112. The summed E-state index contributed by atoms with van der Waals surface area (Å²) in [6, 6.07) is 0. The Bertz CT molecular complexity index is 104. The monoisotopic (exact) mass is 113 g/mol. The number of hydrogen-bond acceptors (Lipinski definition) is 2. The highest BCUT2D eigenvalue weighted by Gasteiger charge is 2.25. The van der Waals surface area contributed by atoms with Crippen molar-refractivity contribution in [2.24, 2.45) is 16.8 Å². The Balaban J connectivity index is 2.31. The molecule has 1 aliphatic rings. The molecule has 8 heavy (non-hydrogen) atoms. The van der Waals surface area contributed by atoms with Gasteiger partial charge in [0.05, 0.1) is 0 Å². The van der Waals surface area contributed by atoms with E-state index in [2.05, 4.69) is 10.5 Å². The minimum atomic E-state index is 0.586. The van der Waals surface area contributed by atoms with E-state index in [0.717, 1.165) is 5.84 Å². The van der Waals surface area contributed by atoms with E-state index in [9.17, 15) is 0 Å². The zero-order valence-corrected chi connectivity index (χ0v) is 5.02. The molecule has 3 nitrogen and oxygen atoms in total. The smallest absolute Gasteiger partial charge is 0.122 e. The Morgan fingerprint density at radius 3 is 2.75 bits per heavy atom. The molecule has 0 aromatic carbocycles. The summed E-state index contributed by atoms with van der Waals surface area (Å²) in [6.45, 7) is 0. The predicted molar refractivity (Wildman–Crippen MR) is 33.4 cm³/mol. The quantitative estimate of drug-likeness (QED) is 0.298. The van der Waals surface area contributed by atoms with Gasteiger partial charge in [-0.2, -0.15) is 5.10 Å². The van der Waals surface area contributed by atoms with Crippen LogP contribution in [0.5, 0.6) is 0 Å². The van der Waals surface area contributed by atoms with Crippen LogP contribution in [0.3, 0.4) is 0 Å². The van der Waals surface area contributed by atoms with E-state index >= 15 is 0 Å². The fraction of sp³-hybridized carbons (Fsp3) is 0.800. The first-order valence-corrected chi connectivity index (χ1v) is 2.84. The third kappa shape index (κ3) is 1.12. The fourth-order valence-electron chi connectivity index (χ4n) is 0.599. The van der Waals surface area contributed by atoms with Gasteiger partial charge in [0, 0.05) is 13.0 Å². The molecule has 0 radical (unpaired) electrons. The minimum Gasteiger partial charge on any atom is -0.385 e. The molecule has 3 heteroatoms. The van der Waals surface area contributed by atoms with E-state index in [0.29, 0.717) is 5.92 Å². The maximum atomic E-state index is 5.48. The normalized spacial score (nSPS) is 20.9. The van der Waals surface area contributed by atoms with Crippen molar-refractivity contribution >= 4 is 5.84 Å². The molecule has 1 aliphatic carbocycles. The van der Waals surface area contributed by atoms with Crippen LogP contribution in [-0.2, 0) is 0 Å². The number of nitrogens with one attached hydrogen (secondary N) is 1. The van der Waals surface area contributed by atoms with Crippen molar-refractivity contribution < 1.29 is 0 Å². The van der Waals surface area contributed by atoms with Gasteiger partial charge in [0.2, 0.25) is 0 Å². The highest BCUT2D eigenvalue weighted by atomic mass is 15.3. The van der Waals surface area contributed by atoms with Gasteiger partial charge in [-0.3, -0.25) is 0 Å². The van der Waals surface area contributed by atoms with Crippen LogP contribution < -0.4 is 11.2 Å². The highest BCUT2D eigenvalue weighted by Crippen LogP contribution is 2.28. The lowest BCUT2D eigenvalue weighted by Crippen LogP contribution is -2.17. The summed E-state index contributed by atoms with van der Waals surface area (Å²) < 4.78 is 0. The third-order valence-corrected chi connectivity index (χ3v) is 1.24. The first-order valence-electron chi connectivity index (χ1n) is 2.84. The van der Waals surface area contributed by atoms with Crippen LogP contribution in [0.25, 0.3) is 0 Å². The average molecular weight is 113 g/mol. The van der Waals surface area contributed by atoms with Crippen molar-refractivity contribution in [3.8, 4) is 0 Å². The second kappa shape index (κ2) is 2.03. The average Bonchev–Trinajstić information content (AvgIpc) is 2.45. The number of rotatable bonds is 2. The largest absolute Gasteiger partial charge is 0.385 e. The van der Waals surface area contributed by atoms with Crippen molar-refractivity contribution in [1.29, 1.82) is 0 Å². The molecule has 1 fully saturated rings. The SMILES string of the molecule is CN/N=C(\N)C1CC1. The Morgan fingerprint density at radius 1 is 1.75 bits per heavy atom. The van der Waals surface area contributed by atoms with Gasteiger partial charge in [-0.25, -0.2) is 0 Å². The lowest BCUT2D eigenvalue weighted by molar-refractivity contribution is 0.880. The standard InChI is InChI=1S/C5H11N3/c1-7-8-5(6)4-2-3-4/h4,7H,2-3H2,1H3,(H2,6,8). The molecular formula is C5H11N3. The topological polar surface area (TPSA) is 50.4 Å². The molecule has 0 aliphatic heterocycles. The first kappa shape index (κ1) is 5.41. The molecule has 1 saturated carbocycles. The van der Waals surface area contributed by atoms with Gasteiger partial charge in [-0.15, -0.1) is 0 Å². The molecule has 0 heterocycles. The van der Waals surface area contributed by atoms with Crippen LogP contribution in [0.4, 0.5) is 0 Å². The van der Waals surface area contributed by atoms with E-state index in [1.165, 1.54) is 12.8 Å². The van der Waals surface area contributed by atoms with Crippen molar-refractivity contribution in [2.75, 3.05) is 7.05 Å². The molecular weight excluding hydrogens is 102 g/mol. The van der Waals surface area contributed by atoms with Gasteiger partial charge < -0.3 is 11.2 Å². The Hall–Kier alpha value is -0.730. The second-order valence-electron chi connectivity index (χ2n) is 2.03. The van der Waals surface area contributed by atoms with E-state index in [4.69, 9.17) is 5.73 Å². The van der Waals surface area contributed by atoms with Crippen LogP contribution in [-0.4, -0.2) is 12.9 Å². The number of amidine groups is 1. The minimum absolute atomic E-state index is 0.586. The summed E-state index contributed by atoms with van der Waals surface area (Å²) in [7, 11) is 1.76. The molecule has 0 atom stereocenters. The highest BCUT2D eigenvalue weighted by molar-refractivity contribution is 5.84. The summed E-state index contributed by atoms with van der Waals surface area (Å²) >= 11 is 0. The van der Waals surface area contributed by atoms with Gasteiger partial charge in [-0.05, 0) is 12.8 Å². The zero-order valence-electron chi connectivity index (χ0n) is 5.02. The van der Waals surface area contributed by atoms with Crippen LogP contribution in [0.2, 0.25) is 0 Å². The molecule has 0 spiro atoms. The lowest BCUT2D eigenvalue weighted by Gasteiger charge is -1.92. The second-order valence-corrected chi connectivity index (χ2v) is 2.03. The molecule has 0 saturated heterocycles. The van der Waals surface area contributed by atoms with Crippen LogP contribution in [0, 0.1) is 5.92 Å².